The maximum Gasteiger partial charge on any atom is 0.220 e. The lowest BCUT2D eigenvalue weighted by Gasteiger charge is -2.22. The standard InChI is InChI=1S/C54H105NO3/c1-3-5-7-9-11-13-15-16-17-18-19-20-21-22-23-24-25-26-27-28-29-30-31-32-33-34-35-36-37-38-40-42-44-46-48-50-54(58)55-52(51-56)53(57)49-47-45-43-41-39-14-12-10-8-6-4-2/h21-22,24-25,52-53,56-57H,3-20,23,26-51H2,1-2H3,(H,55,58)/b22-21-,25-24-. The van der Waals surface area contributed by atoms with Gasteiger partial charge in [-0.05, 0) is 44.9 Å². The molecule has 0 saturated heterocycles. The normalized spacial score (nSPS) is 13.0. The van der Waals surface area contributed by atoms with Crippen LogP contribution in [0.2, 0.25) is 0 Å². The Bertz CT molecular complexity index is 840. The summed E-state index contributed by atoms with van der Waals surface area (Å²) in [6.45, 7) is 4.37. The average Bonchev–Trinajstić information content (AvgIpc) is 3.23. The van der Waals surface area contributed by atoms with Gasteiger partial charge >= 0.3 is 0 Å². The van der Waals surface area contributed by atoms with E-state index in [4.69, 9.17) is 0 Å². The van der Waals surface area contributed by atoms with E-state index in [1.54, 1.807) is 0 Å². The van der Waals surface area contributed by atoms with Crippen molar-refractivity contribution in [1.82, 2.24) is 5.32 Å². The van der Waals surface area contributed by atoms with Crippen molar-refractivity contribution in [1.29, 1.82) is 0 Å². The van der Waals surface area contributed by atoms with Crippen molar-refractivity contribution in [3.8, 4) is 0 Å². The highest BCUT2D eigenvalue weighted by Crippen LogP contribution is 2.17. The third-order valence-electron chi connectivity index (χ3n) is 12.5. The molecule has 0 spiro atoms. The number of hydrogen-bond acceptors (Lipinski definition) is 3. The number of carbonyl (C=O) groups is 1. The number of allylic oxidation sites excluding steroid dienone is 4. The molecule has 344 valence electrons. The second-order valence-electron chi connectivity index (χ2n) is 18.3. The van der Waals surface area contributed by atoms with Crippen molar-refractivity contribution < 1.29 is 15.0 Å². The van der Waals surface area contributed by atoms with Crippen LogP contribution in [-0.4, -0.2) is 34.9 Å². The molecule has 0 aromatic carbocycles. The van der Waals surface area contributed by atoms with E-state index >= 15 is 0 Å². The molecule has 0 heterocycles. The first-order valence-corrected chi connectivity index (χ1v) is 26.5. The van der Waals surface area contributed by atoms with Gasteiger partial charge in [-0.3, -0.25) is 4.79 Å². The van der Waals surface area contributed by atoms with Gasteiger partial charge in [-0.25, -0.2) is 0 Å². The van der Waals surface area contributed by atoms with Gasteiger partial charge in [-0.15, -0.1) is 0 Å². The van der Waals surface area contributed by atoms with Crippen molar-refractivity contribution in [3.63, 3.8) is 0 Å². The summed E-state index contributed by atoms with van der Waals surface area (Å²) in [5, 5.41) is 23.2. The molecule has 2 atom stereocenters. The van der Waals surface area contributed by atoms with Gasteiger partial charge in [0.1, 0.15) is 0 Å². The van der Waals surface area contributed by atoms with Crippen LogP contribution in [0.5, 0.6) is 0 Å². The lowest BCUT2D eigenvalue weighted by atomic mass is 10.0. The van der Waals surface area contributed by atoms with Crippen LogP contribution >= 0.6 is 0 Å². The minimum atomic E-state index is -0.655. The van der Waals surface area contributed by atoms with E-state index in [2.05, 4.69) is 43.5 Å². The van der Waals surface area contributed by atoms with Crippen LogP contribution in [0, 0.1) is 0 Å². The quantitative estimate of drug-likeness (QED) is 0.0423. The minimum Gasteiger partial charge on any atom is -0.394 e. The summed E-state index contributed by atoms with van der Waals surface area (Å²) in [6.07, 6.45) is 66.0. The fourth-order valence-electron chi connectivity index (χ4n) is 8.39. The Kier molecular flexibility index (Phi) is 49.2. The van der Waals surface area contributed by atoms with Crippen LogP contribution in [0.1, 0.15) is 296 Å². The van der Waals surface area contributed by atoms with Crippen molar-refractivity contribution in [2.45, 2.75) is 309 Å². The van der Waals surface area contributed by atoms with Gasteiger partial charge in [0.05, 0.1) is 18.8 Å². The lowest BCUT2D eigenvalue weighted by molar-refractivity contribution is -0.123. The topological polar surface area (TPSA) is 69.6 Å². The molecule has 0 rings (SSSR count). The largest absolute Gasteiger partial charge is 0.394 e. The first-order chi connectivity index (χ1) is 28.7. The number of carbonyl (C=O) groups excluding carboxylic acids is 1. The Morgan fingerprint density at radius 1 is 0.414 bits per heavy atom. The first kappa shape index (κ1) is 56.9. The van der Waals surface area contributed by atoms with Gasteiger partial charge in [0.25, 0.3) is 0 Å². The molecule has 2 unspecified atom stereocenters. The van der Waals surface area contributed by atoms with Crippen molar-refractivity contribution >= 4 is 5.91 Å². The number of amides is 1. The molecule has 4 nitrogen and oxygen atoms in total. The molecule has 0 aromatic rings. The zero-order valence-electron chi connectivity index (χ0n) is 39.6. The summed E-state index contributed by atoms with van der Waals surface area (Å²) >= 11 is 0. The molecule has 0 aliphatic rings. The number of rotatable bonds is 49. The molecular weight excluding hydrogens is 711 g/mol. The molecule has 3 N–H and O–H groups in total. The molecule has 0 aromatic heterocycles. The minimum absolute atomic E-state index is 0.0288. The Morgan fingerprint density at radius 3 is 1.03 bits per heavy atom. The van der Waals surface area contributed by atoms with Gasteiger partial charge in [-0.1, -0.05) is 269 Å². The van der Waals surface area contributed by atoms with Gasteiger partial charge in [-0.2, -0.15) is 0 Å². The van der Waals surface area contributed by atoms with Crippen LogP contribution in [0.4, 0.5) is 0 Å². The molecule has 0 fully saturated rings. The Hall–Kier alpha value is -1.13. The summed E-state index contributed by atoms with van der Waals surface area (Å²) in [4.78, 5) is 12.4. The smallest absolute Gasteiger partial charge is 0.220 e. The van der Waals surface area contributed by atoms with Crippen LogP contribution in [-0.2, 0) is 4.79 Å². The maximum atomic E-state index is 12.4. The third-order valence-corrected chi connectivity index (χ3v) is 12.5. The van der Waals surface area contributed by atoms with E-state index < -0.39 is 12.1 Å². The summed E-state index contributed by atoms with van der Waals surface area (Å²) in [5.74, 6) is -0.0288. The van der Waals surface area contributed by atoms with Crippen LogP contribution in [0.15, 0.2) is 24.3 Å². The second kappa shape index (κ2) is 50.2. The Balaban J connectivity index is 3.38. The van der Waals surface area contributed by atoms with E-state index in [0.717, 1.165) is 32.1 Å². The highest BCUT2D eigenvalue weighted by Gasteiger charge is 2.20. The predicted molar refractivity (Wildman–Crippen MR) is 258 cm³/mol. The summed E-state index contributed by atoms with van der Waals surface area (Å²) < 4.78 is 0. The number of hydrogen-bond donors (Lipinski definition) is 3. The zero-order chi connectivity index (χ0) is 42.1. The number of aliphatic hydroxyl groups excluding tert-OH is 2. The van der Waals surface area contributed by atoms with E-state index in [0.29, 0.717) is 12.8 Å². The van der Waals surface area contributed by atoms with Gasteiger partial charge in [0.2, 0.25) is 5.91 Å². The Labute approximate surface area is 364 Å². The monoisotopic (exact) mass is 816 g/mol. The van der Waals surface area contributed by atoms with Crippen molar-refractivity contribution in [3.05, 3.63) is 24.3 Å². The zero-order valence-corrected chi connectivity index (χ0v) is 39.6. The third kappa shape index (κ3) is 45.9. The predicted octanol–water partition coefficient (Wildman–Crippen LogP) is 17.1. The van der Waals surface area contributed by atoms with E-state index in [1.807, 2.05) is 0 Å². The van der Waals surface area contributed by atoms with Gasteiger partial charge < -0.3 is 15.5 Å². The van der Waals surface area contributed by atoms with Gasteiger partial charge in [0, 0.05) is 6.42 Å². The van der Waals surface area contributed by atoms with Crippen molar-refractivity contribution in [2.75, 3.05) is 6.61 Å². The summed E-state index contributed by atoms with van der Waals surface area (Å²) in [7, 11) is 0. The highest BCUT2D eigenvalue weighted by molar-refractivity contribution is 5.76. The molecule has 58 heavy (non-hydrogen) atoms. The number of unbranched alkanes of at least 4 members (excludes halogenated alkanes) is 38. The van der Waals surface area contributed by atoms with E-state index in [-0.39, 0.29) is 12.5 Å². The van der Waals surface area contributed by atoms with E-state index in [1.165, 1.54) is 238 Å². The van der Waals surface area contributed by atoms with Crippen LogP contribution in [0.25, 0.3) is 0 Å². The molecule has 0 aliphatic heterocycles. The molecule has 4 heteroatoms. The van der Waals surface area contributed by atoms with Crippen molar-refractivity contribution in [2.24, 2.45) is 0 Å². The number of aliphatic hydroxyl groups is 2. The SMILES string of the molecule is CCCCCCCCCCCCC/C=C\C/C=C\CCCCCCCCCCCCCCCCCCCC(=O)NC(CO)C(O)CCCCCCCCCCCCC. The maximum absolute atomic E-state index is 12.4. The molecule has 0 radical (unpaired) electrons. The molecule has 1 amide bonds. The second-order valence-corrected chi connectivity index (χ2v) is 18.3. The van der Waals surface area contributed by atoms with Gasteiger partial charge in [0.15, 0.2) is 0 Å². The summed E-state index contributed by atoms with van der Waals surface area (Å²) in [5.41, 5.74) is 0. The lowest BCUT2D eigenvalue weighted by Crippen LogP contribution is -2.45. The molecule has 0 saturated carbocycles. The Morgan fingerprint density at radius 2 is 0.707 bits per heavy atom. The summed E-state index contributed by atoms with van der Waals surface area (Å²) in [6, 6.07) is -0.532. The fraction of sp³-hybridized carbons (Fsp3) is 0.907. The fourth-order valence-corrected chi connectivity index (χ4v) is 8.39. The first-order valence-electron chi connectivity index (χ1n) is 26.5. The molecular formula is C54H105NO3. The molecule has 0 bridgehead atoms. The van der Waals surface area contributed by atoms with E-state index in [9.17, 15) is 15.0 Å². The van der Waals surface area contributed by atoms with Crippen LogP contribution < -0.4 is 5.32 Å². The van der Waals surface area contributed by atoms with Crippen LogP contribution in [0.3, 0.4) is 0 Å². The average molecular weight is 816 g/mol. The highest BCUT2D eigenvalue weighted by atomic mass is 16.3. The molecule has 0 aliphatic carbocycles. The number of nitrogens with one attached hydrogen (secondary N) is 1.